The summed E-state index contributed by atoms with van der Waals surface area (Å²) >= 11 is 0. The Bertz CT molecular complexity index is 1060. The number of halogens is 4. The Morgan fingerprint density at radius 1 is 0.676 bits per heavy atom. The molecule has 3 rings (SSSR count). The fourth-order valence-corrected chi connectivity index (χ4v) is 2.61. The number of alkyl halides is 3. The van der Waals surface area contributed by atoms with Gasteiger partial charge in [0.05, 0.1) is 29.7 Å². The van der Waals surface area contributed by atoms with Crippen LogP contribution in [0.1, 0.15) is 22.3 Å². The molecule has 0 atom stereocenters. The number of nitrogens with one attached hydrogen (secondary N) is 3. The Hall–Kier alpha value is -3.54. The Morgan fingerprint density at radius 2 is 1.12 bits per heavy atom. The summed E-state index contributed by atoms with van der Waals surface area (Å²) in [5, 5.41) is 25.5. The number of methoxy groups -OCH3 is 1. The molecule has 0 radical (unpaired) electrons. The molecule has 0 aliphatic rings. The highest BCUT2D eigenvalue weighted by Crippen LogP contribution is 2.31. The van der Waals surface area contributed by atoms with E-state index in [0.29, 0.717) is 22.5 Å². The first-order chi connectivity index (χ1) is 16.0. The molecule has 34 heavy (non-hydrogen) atoms. The van der Waals surface area contributed by atoms with Gasteiger partial charge < -0.3 is 4.74 Å². The molecule has 0 fully saturated rings. The van der Waals surface area contributed by atoms with Crippen molar-refractivity contribution in [1.29, 1.82) is 0 Å². The summed E-state index contributed by atoms with van der Waals surface area (Å²) in [6.45, 7) is 5.08. The molecule has 0 aliphatic heterocycles. The summed E-state index contributed by atoms with van der Waals surface area (Å²) in [5.74, 6) is 0.498. The van der Waals surface area contributed by atoms with Gasteiger partial charge in [-0.3, -0.25) is 32.1 Å². The average Bonchev–Trinajstić information content (AvgIpc) is 2.79. The number of benzene rings is 3. The van der Waals surface area contributed by atoms with Crippen molar-refractivity contribution in [2.24, 2.45) is 0 Å². The Balaban J connectivity index is 0.000000257. The third-order valence-corrected chi connectivity index (χ3v) is 4.54. The van der Waals surface area contributed by atoms with Gasteiger partial charge in [0.15, 0.2) is 0 Å². The quantitative estimate of drug-likeness (QED) is 0.184. The molecule has 0 saturated carbocycles. The molecule has 0 bridgehead atoms. The van der Waals surface area contributed by atoms with E-state index in [2.05, 4.69) is 5.48 Å². The molecule has 0 saturated heterocycles. The second-order valence-corrected chi connectivity index (χ2v) is 7.00. The summed E-state index contributed by atoms with van der Waals surface area (Å²) in [4.78, 5) is 0. The lowest BCUT2D eigenvalue weighted by atomic mass is 10.1. The molecule has 3 aromatic rings. The van der Waals surface area contributed by atoms with E-state index in [4.69, 9.17) is 20.4 Å². The van der Waals surface area contributed by atoms with E-state index < -0.39 is 11.7 Å². The second-order valence-electron chi connectivity index (χ2n) is 7.00. The van der Waals surface area contributed by atoms with Crippen molar-refractivity contribution >= 4 is 17.1 Å². The second kappa shape index (κ2) is 13.2. The van der Waals surface area contributed by atoms with E-state index in [-0.39, 0.29) is 11.5 Å². The number of hydrogen-bond acceptors (Lipinski definition) is 7. The van der Waals surface area contributed by atoms with E-state index in [1.807, 2.05) is 18.5 Å². The SMILES string of the molecule is COc1ccc(NO)c(C)c1.Cc1cc(C(F)(F)F)ccc1NO.Cc1cc(F)ccc1NO. The molecule has 3 aromatic carbocycles. The van der Waals surface area contributed by atoms with E-state index >= 15 is 0 Å². The normalized spacial score (nSPS) is 10.2. The molecule has 0 spiro atoms. The first-order valence-corrected chi connectivity index (χ1v) is 9.75. The van der Waals surface area contributed by atoms with Crippen molar-refractivity contribution in [3.05, 3.63) is 82.7 Å². The minimum Gasteiger partial charge on any atom is -0.497 e. The Morgan fingerprint density at radius 3 is 1.50 bits per heavy atom. The van der Waals surface area contributed by atoms with Crippen LogP contribution >= 0.6 is 0 Å². The van der Waals surface area contributed by atoms with Gasteiger partial charge in [-0.1, -0.05) is 0 Å². The zero-order valence-corrected chi connectivity index (χ0v) is 19.0. The van der Waals surface area contributed by atoms with Crippen molar-refractivity contribution < 1.29 is 37.9 Å². The summed E-state index contributed by atoms with van der Waals surface area (Å²) in [6.07, 6.45) is -4.33. The molecule has 6 N–H and O–H groups in total. The van der Waals surface area contributed by atoms with Crippen molar-refractivity contribution in [1.82, 2.24) is 0 Å². The largest absolute Gasteiger partial charge is 0.497 e. The molecule has 0 aromatic heterocycles. The minimum absolute atomic E-state index is 0.271. The highest BCUT2D eigenvalue weighted by atomic mass is 19.4. The van der Waals surface area contributed by atoms with Gasteiger partial charge in [-0.05, 0) is 92.1 Å². The van der Waals surface area contributed by atoms with Gasteiger partial charge >= 0.3 is 6.18 Å². The van der Waals surface area contributed by atoms with Crippen LogP contribution in [0.5, 0.6) is 5.75 Å². The van der Waals surface area contributed by atoms with Crippen LogP contribution in [0, 0.1) is 26.6 Å². The van der Waals surface area contributed by atoms with Crippen LogP contribution in [0.15, 0.2) is 54.6 Å². The lowest BCUT2D eigenvalue weighted by Crippen LogP contribution is -2.05. The monoisotopic (exact) mass is 485 g/mol. The molecule has 0 heterocycles. The van der Waals surface area contributed by atoms with Crippen LogP contribution in [0.25, 0.3) is 0 Å². The molecular weight excluding hydrogens is 458 g/mol. The van der Waals surface area contributed by atoms with Crippen LogP contribution in [0.3, 0.4) is 0 Å². The topological polar surface area (TPSA) is 106 Å². The number of rotatable bonds is 4. The van der Waals surface area contributed by atoms with Gasteiger partial charge in [0.25, 0.3) is 0 Å². The van der Waals surface area contributed by atoms with Crippen molar-refractivity contribution in [3.63, 3.8) is 0 Å². The van der Waals surface area contributed by atoms with Crippen molar-refractivity contribution in [3.8, 4) is 5.75 Å². The molecular formula is C23H27F4N3O4. The van der Waals surface area contributed by atoms with Crippen LogP contribution in [-0.2, 0) is 6.18 Å². The van der Waals surface area contributed by atoms with Crippen LogP contribution in [0.2, 0.25) is 0 Å². The average molecular weight is 485 g/mol. The molecule has 7 nitrogen and oxygen atoms in total. The summed E-state index contributed by atoms with van der Waals surface area (Å²) in [6, 6.07) is 12.6. The van der Waals surface area contributed by atoms with Gasteiger partial charge in [-0.25, -0.2) is 4.39 Å². The number of hydrogen-bond donors (Lipinski definition) is 6. The zero-order chi connectivity index (χ0) is 25.9. The Labute approximate surface area is 194 Å². The third-order valence-electron chi connectivity index (χ3n) is 4.54. The highest BCUT2D eigenvalue weighted by molar-refractivity contribution is 5.52. The standard InChI is InChI=1S/C8H8F3NO.C8H11NO2.C7H8FNO/c1-5-4-6(8(9,10)11)2-3-7(5)12-13;1-6-5-7(11-2)3-4-8(6)9-10;1-5-4-6(8)2-3-7(5)9-10/h2-4,12-13H,1H3;3-5,9-10H,1-2H3;2-4,9-10H,1H3. The minimum atomic E-state index is -4.33. The van der Waals surface area contributed by atoms with E-state index in [0.717, 1.165) is 23.4 Å². The van der Waals surface area contributed by atoms with E-state index in [1.165, 1.54) is 31.2 Å². The van der Waals surface area contributed by atoms with Gasteiger partial charge in [0.2, 0.25) is 0 Å². The number of aryl methyl sites for hydroxylation is 3. The molecule has 11 heteroatoms. The van der Waals surface area contributed by atoms with Gasteiger partial charge in [0, 0.05) is 0 Å². The lowest BCUT2D eigenvalue weighted by Gasteiger charge is -2.09. The molecule has 0 unspecified atom stereocenters. The zero-order valence-electron chi connectivity index (χ0n) is 19.0. The van der Waals surface area contributed by atoms with Gasteiger partial charge in [-0.15, -0.1) is 0 Å². The molecule has 186 valence electrons. The smallest absolute Gasteiger partial charge is 0.416 e. The van der Waals surface area contributed by atoms with Gasteiger partial charge in [0.1, 0.15) is 11.6 Å². The van der Waals surface area contributed by atoms with Crippen LogP contribution in [-0.4, -0.2) is 22.7 Å². The summed E-state index contributed by atoms with van der Waals surface area (Å²) in [7, 11) is 1.61. The fourth-order valence-electron chi connectivity index (χ4n) is 2.61. The summed E-state index contributed by atoms with van der Waals surface area (Å²) < 4.78 is 53.7. The van der Waals surface area contributed by atoms with E-state index in [1.54, 1.807) is 31.6 Å². The van der Waals surface area contributed by atoms with Crippen molar-refractivity contribution in [2.75, 3.05) is 23.6 Å². The van der Waals surface area contributed by atoms with Crippen LogP contribution in [0.4, 0.5) is 34.6 Å². The number of anilines is 3. The van der Waals surface area contributed by atoms with Crippen molar-refractivity contribution in [2.45, 2.75) is 26.9 Å². The highest BCUT2D eigenvalue weighted by Gasteiger charge is 2.30. The molecule has 0 aliphatic carbocycles. The first-order valence-electron chi connectivity index (χ1n) is 9.75. The molecule has 0 amide bonds. The maximum absolute atomic E-state index is 12.4. The maximum atomic E-state index is 12.4. The lowest BCUT2D eigenvalue weighted by molar-refractivity contribution is -0.137. The third kappa shape index (κ3) is 8.77. The summed E-state index contributed by atoms with van der Waals surface area (Å²) in [5.41, 5.74) is 8.61. The predicted octanol–water partition coefficient (Wildman–Crippen LogP) is 6.55. The Kier molecular flexibility index (Phi) is 11.1. The van der Waals surface area contributed by atoms with E-state index in [9.17, 15) is 17.6 Å². The number of ether oxygens (including phenoxy) is 1. The van der Waals surface area contributed by atoms with Crippen LogP contribution < -0.4 is 21.2 Å². The first kappa shape index (κ1) is 28.5. The van der Waals surface area contributed by atoms with Gasteiger partial charge in [-0.2, -0.15) is 13.2 Å². The predicted molar refractivity (Wildman–Crippen MR) is 121 cm³/mol. The fraction of sp³-hybridized carbons (Fsp3) is 0.217. The maximum Gasteiger partial charge on any atom is 0.416 e.